The molecule has 1 rings (SSSR count). The fourth-order valence-electron chi connectivity index (χ4n) is 1.58. The maximum atomic E-state index is 10.9. The van der Waals surface area contributed by atoms with E-state index in [9.17, 15) is 14.9 Å². The molecule has 0 amide bonds. The Morgan fingerprint density at radius 1 is 1.53 bits per heavy atom. The van der Waals surface area contributed by atoms with Crippen LogP contribution in [0.1, 0.15) is 12.5 Å². The summed E-state index contributed by atoms with van der Waals surface area (Å²) < 4.78 is 0. The Morgan fingerprint density at radius 3 is 2.53 bits per heavy atom. The second-order valence-corrected chi connectivity index (χ2v) is 4.42. The van der Waals surface area contributed by atoms with Crippen molar-refractivity contribution in [3.63, 3.8) is 0 Å². The van der Waals surface area contributed by atoms with Gasteiger partial charge in [0, 0.05) is 12.5 Å². The molecule has 1 aromatic carbocycles. The van der Waals surface area contributed by atoms with Crippen LogP contribution in [0, 0.1) is 10.1 Å². The molecule has 5 N–H and O–H groups in total. The second kappa shape index (κ2) is 5.35. The second-order valence-electron chi connectivity index (χ2n) is 4.42. The summed E-state index contributed by atoms with van der Waals surface area (Å²) in [6.07, 6.45) is -0.120. The van der Waals surface area contributed by atoms with Gasteiger partial charge in [0.1, 0.15) is 5.54 Å². The molecule has 0 fully saturated rings. The van der Waals surface area contributed by atoms with E-state index < -0.39 is 29.2 Å². The molecule has 8 nitrogen and oxygen atoms in total. The number of hydrogen-bond donors (Lipinski definition) is 4. The molecular weight excluding hydrogens is 255 g/mol. The molecule has 0 heterocycles. The summed E-state index contributed by atoms with van der Waals surface area (Å²) in [6.45, 7) is 1.29. The molecule has 0 bridgehead atoms. The zero-order chi connectivity index (χ0) is 14.8. The van der Waals surface area contributed by atoms with Crippen LogP contribution >= 0.6 is 0 Å². The van der Waals surface area contributed by atoms with E-state index in [4.69, 9.17) is 20.9 Å². The van der Waals surface area contributed by atoms with E-state index in [0.717, 1.165) is 12.1 Å². The summed E-state index contributed by atoms with van der Waals surface area (Å²) in [7, 11) is -1.97. The van der Waals surface area contributed by atoms with Gasteiger partial charge in [0.2, 0.25) is 0 Å². The number of carboxylic acid groups (broad SMARTS) is 1. The minimum absolute atomic E-state index is 0.120. The van der Waals surface area contributed by atoms with E-state index >= 15 is 0 Å². The number of hydrogen-bond acceptors (Lipinski definition) is 6. The Hall–Kier alpha value is -1.97. The number of aliphatic carboxylic acids is 1. The molecule has 0 aliphatic rings. The number of nitrogens with two attached hydrogens (primary N) is 1. The van der Waals surface area contributed by atoms with Crippen LogP contribution in [0.5, 0.6) is 0 Å². The fourth-order valence-corrected chi connectivity index (χ4v) is 1.58. The third kappa shape index (κ3) is 3.50. The Balaban J connectivity index is 3.16. The molecule has 0 unspecified atom stereocenters. The van der Waals surface area contributed by atoms with Crippen molar-refractivity contribution in [2.24, 2.45) is 5.73 Å². The highest BCUT2D eigenvalue weighted by atomic mass is 16.6. The quantitative estimate of drug-likeness (QED) is 0.292. The summed E-state index contributed by atoms with van der Waals surface area (Å²) in [4.78, 5) is 20.9. The van der Waals surface area contributed by atoms with Crippen LogP contribution in [-0.4, -0.2) is 38.7 Å². The van der Waals surface area contributed by atoms with Crippen LogP contribution in [-0.2, 0) is 11.2 Å². The highest BCUT2D eigenvalue weighted by Crippen LogP contribution is 2.16. The van der Waals surface area contributed by atoms with Crippen LogP contribution in [0.3, 0.4) is 0 Å². The first-order valence-corrected chi connectivity index (χ1v) is 5.31. The predicted octanol–water partition coefficient (Wildman–Crippen LogP) is -1.38. The fraction of sp³-hybridized carbons (Fsp3) is 0.300. The smallest absolute Gasteiger partial charge is 0.480 e. The van der Waals surface area contributed by atoms with Crippen LogP contribution in [0.2, 0.25) is 0 Å². The first-order chi connectivity index (χ1) is 8.65. The first kappa shape index (κ1) is 15.1. The van der Waals surface area contributed by atoms with Gasteiger partial charge in [-0.1, -0.05) is 12.1 Å². The molecule has 0 aliphatic carbocycles. The summed E-state index contributed by atoms with van der Waals surface area (Å²) in [5, 5.41) is 37.7. The van der Waals surface area contributed by atoms with E-state index in [1.807, 2.05) is 0 Å². The normalized spacial score (nSPS) is 13.7. The van der Waals surface area contributed by atoms with Gasteiger partial charge in [0.15, 0.2) is 0 Å². The highest BCUT2D eigenvalue weighted by molar-refractivity contribution is 6.60. The van der Waals surface area contributed by atoms with Gasteiger partial charge < -0.3 is 20.9 Å². The van der Waals surface area contributed by atoms with Gasteiger partial charge in [-0.25, -0.2) is 0 Å². The van der Waals surface area contributed by atoms with E-state index in [-0.39, 0.29) is 11.9 Å². The predicted molar refractivity (Wildman–Crippen MR) is 66.9 cm³/mol. The third-order valence-corrected chi connectivity index (χ3v) is 2.63. The number of nitrogens with zero attached hydrogens (tertiary/aromatic N) is 1. The van der Waals surface area contributed by atoms with Crippen molar-refractivity contribution in [2.75, 3.05) is 0 Å². The number of benzene rings is 1. The maximum Gasteiger partial charge on any atom is 0.495 e. The van der Waals surface area contributed by atoms with Crippen LogP contribution in [0.15, 0.2) is 18.2 Å². The summed E-state index contributed by atoms with van der Waals surface area (Å²) in [5.74, 6) is -1.23. The van der Waals surface area contributed by atoms with Crippen molar-refractivity contribution in [3.8, 4) is 0 Å². The minimum Gasteiger partial charge on any atom is -0.480 e. The van der Waals surface area contributed by atoms with Crippen molar-refractivity contribution < 1.29 is 24.9 Å². The van der Waals surface area contributed by atoms with Gasteiger partial charge in [-0.05, 0) is 12.5 Å². The van der Waals surface area contributed by atoms with Gasteiger partial charge in [-0.3, -0.25) is 14.9 Å². The molecule has 9 heteroatoms. The first-order valence-electron chi connectivity index (χ1n) is 5.31. The lowest BCUT2D eigenvalue weighted by atomic mass is 9.78. The number of carbonyl (C=O) groups is 1. The zero-order valence-corrected chi connectivity index (χ0v) is 10.1. The standard InChI is InChI=1S/C10H13BN2O6/c1-10(12,9(14)15)5-6-2-3-7(11(16)17)8(4-6)13(18)19/h2-4,16-17H,5,12H2,1H3,(H,14,15)/t10-/m0/s1. The molecule has 0 aliphatic heterocycles. The molecule has 0 radical (unpaired) electrons. The summed E-state index contributed by atoms with van der Waals surface area (Å²) >= 11 is 0. The third-order valence-electron chi connectivity index (χ3n) is 2.63. The molecule has 1 aromatic rings. The van der Waals surface area contributed by atoms with Crippen molar-refractivity contribution in [2.45, 2.75) is 18.9 Å². The monoisotopic (exact) mass is 268 g/mol. The van der Waals surface area contributed by atoms with Crippen molar-refractivity contribution in [1.29, 1.82) is 0 Å². The van der Waals surface area contributed by atoms with Gasteiger partial charge in [-0.2, -0.15) is 0 Å². The lowest BCUT2D eigenvalue weighted by Crippen LogP contribution is -2.46. The van der Waals surface area contributed by atoms with Crippen LogP contribution in [0.4, 0.5) is 5.69 Å². The highest BCUT2D eigenvalue weighted by Gasteiger charge is 2.30. The molecule has 0 aromatic heterocycles. The summed E-state index contributed by atoms with van der Waals surface area (Å²) in [5.41, 5.74) is 3.55. The van der Waals surface area contributed by atoms with Crippen molar-refractivity contribution >= 4 is 24.2 Å². The van der Waals surface area contributed by atoms with E-state index in [2.05, 4.69) is 0 Å². The molecule has 0 saturated heterocycles. The van der Waals surface area contributed by atoms with Gasteiger partial charge >= 0.3 is 13.1 Å². The zero-order valence-electron chi connectivity index (χ0n) is 10.1. The molecular formula is C10H13BN2O6. The Labute approximate surface area is 108 Å². The Morgan fingerprint density at radius 2 is 2.11 bits per heavy atom. The number of nitro groups is 1. The Bertz CT molecular complexity index is 517. The SMILES string of the molecule is C[C@](N)(Cc1ccc(B(O)O)c([N+](=O)[O-])c1)C(=O)O. The lowest BCUT2D eigenvalue weighted by Gasteiger charge is -2.19. The Kier molecular flexibility index (Phi) is 4.25. The van der Waals surface area contributed by atoms with E-state index in [1.165, 1.54) is 13.0 Å². The average Bonchev–Trinajstić information content (AvgIpc) is 2.27. The number of rotatable bonds is 5. The topological polar surface area (TPSA) is 147 Å². The lowest BCUT2D eigenvalue weighted by molar-refractivity contribution is -0.383. The minimum atomic E-state index is -1.97. The molecule has 0 spiro atoms. The van der Waals surface area contributed by atoms with E-state index in [0.29, 0.717) is 5.56 Å². The van der Waals surface area contributed by atoms with Gasteiger partial charge in [-0.15, -0.1) is 0 Å². The molecule has 102 valence electrons. The number of nitro benzene ring substituents is 1. The molecule has 19 heavy (non-hydrogen) atoms. The van der Waals surface area contributed by atoms with Crippen molar-refractivity contribution in [3.05, 3.63) is 33.9 Å². The molecule has 0 saturated carbocycles. The van der Waals surface area contributed by atoms with Gasteiger partial charge in [0.25, 0.3) is 5.69 Å². The van der Waals surface area contributed by atoms with Crippen LogP contribution < -0.4 is 11.2 Å². The van der Waals surface area contributed by atoms with Crippen molar-refractivity contribution in [1.82, 2.24) is 0 Å². The maximum absolute atomic E-state index is 10.9. The molecule has 1 atom stereocenters. The van der Waals surface area contributed by atoms with E-state index in [1.54, 1.807) is 0 Å². The summed E-state index contributed by atoms with van der Waals surface area (Å²) in [6, 6.07) is 3.62. The average molecular weight is 268 g/mol. The van der Waals surface area contributed by atoms with Crippen LogP contribution in [0.25, 0.3) is 0 Å². The number of carboxylic acids is 1. The van der Waals surface area contributed by atoms with Gasteiger partial charge in [0.05, 0.1) is 10.4 Å². The largest absolute Gasteiger partial charge is 0.495 e.